The van der Waals surface area contributed by atoms with Gasteiger partial charge in [0.25, 0.3) is 0 Å². The Labute approximate surface area is 84.7 Å². The molecule has 2 nitrogen and oxygen atoms in total. The van der Waals surface area contributed by atoms with Gasteiger partial charge >= 0.3 is 5.97 Å². The number of rotatable bonds is 1. The summed E-state index contributed by atoms with van der Waals surface area (Å²) in [5.74, 6) is -0.794. The Hall–Kier alpha value is -0.830. The molecule has 1 N–H and O–H groups in total. The van der Waals surface area contributed by atoms with Crippen molar-refractivity contribution in [1.29, 1.82) is 0 Å². The number of benzene rings is 1. The minimum Gasteiger partial charge on any atom is -0.480 e. The zero-order chi connectivity index (χ0) is 9.47. The van der Waals surface area contributed by atoms with E-state index in [1.807, 2.05) is 24.3 Å². The van der Waals surface area contributed by atoms with Crippen LogP contribution >= 0.6 is 15.9 Å². The lowest BCUT2D eigenvalue weighted by molar-refractivity contribution is -0.139. The highest BCUT2D eigenvalue weighted by atomic mass is 79.9. The van der Waals surface area contributed by atoms with Gasteiger partial charge in [0, 0.05) is 0 Å². The van der Waals surface area contributed by atoms with E-state index in [4.69, 9.17) is 5.11 Å². The SMILES string of the molecule is O=C(O)[C@]1(Br)CCc2ccccc21. The maximum absolute atomic E-state index is 11.0. The fourth-order valence-electron chi connectivity index (χ4n) is 1.79. The van der Waals surface area contributed by atoms with Crippen LogP contribution in [-0.4, -0.2) is 11.1 Å². The molecule has 0 saturated heterocycles. The average molecular weight is 241 g/mol. The molecule has 1 atom stereocenters. The average Bonchev–Trinajstić information content (AvgIpc) is 2.47. The lowest BCUT2D eigenvalue weighted by Crippen LogP contribution is -2.25. The molecule has 0 aromatic heterocycles. The summed E-state index contributed by atoms with van der Waals surface area (Å²) in [4.78, 5) is 11.0. The van der Waals surface area contributed by atoms with Gasteiger partial charge in [-0.1, -0.05) is 40.2 Å². The number of carboxylic acid groups (broad SMARTS) is 1. The van der Waals surface area contributed by atoms with Gasteiger partial charge in [0.15, 0.2) is 0 Å². The molecule has 0 bridgehead atoms. The zero-order valence-electron chi connectivity index (χ0n) is 6.96. The first kappa shape index (κ1) is 8.75. The maximum Gasteiger partial charge on any atom is 0.325 e. The summed E-state index contributed by atoms with van der Waals surface area (Å²) >= 11 is 3.31. The summed E-state index contributed by atoms with van der Waals surface area (Å²) in [6.45, 7) is 0. The van der Waals surface area contributed by atoms with E-state index in [9.17, 15) is 4.79 Å². The number of hydrogen-bond donors (Lipinski definition) is 1. The second-order valence-electron chi connectivity index (χ2n) is 3.26. The Bertz CT molecular complexity index is 362. The summed E-state index contributed by atoms with van der Waals surface area (Å²) in [6.07, 6.45) is 1.48. The largest absolute Gasteiger partial charge is 0.480 e. The number of aryl methyl sites for hydroxylation is 1. The number of aliphatic carboxylic acids is 1. The molecule has 0 heterocycles. The van der Waals surface area contributed by atoms with Crippen LogP contribution < -0.4 is 0 Å². The van der Waals surface area contributed by atoms with Gasteiger partial charge < -0.3 is 5.11 Å². The Morgan fingerprint density at radius 2 is 2.15 bits per heavy atom. The van der Waals surface area contributed by atoms with E-state index in [-0.39, 0.29) is 0 Å². The van der Waals surface area contributed by atoms with Crippen LogP contribution in [0.5, 0.6) is 0 Å². The molecule has 3 heteroatoms. The molecule has 0 saturated carbocycles. The molecule has 0 spiro atoms. The van der Waals surface area contributed by atoms with E-state index in [0.29, 0.717) is 6.42 Å². The number of carbonyl (C=O) groups is 1. The van der Waals surface area contributed by atoms with Gasteiger partial charge in [-0.05, 0) is 24.0 Å². The van der Waals surface area contributed by atoms with Crippen molar-refractivity contribution in [1.82, 2.24) is 0 Å². The van der Waals surface area contributed by atoms with Gasteiger partial charge in [0.2, 0.25) is 0 Å². The lowest BCUT2D eigenvalue weighted by Gasteiger charge is -2.16. The normalized spacial score (nSPS) is 25.6. The Kier molecular flexibility index (Phi) is 1.91. The molecule has 0 amide bonds. The third-order valence-corrected chi connectivity index (χ3v) is 3.68. The summed E-state index contributed by atoms with van der Waals surface area (Å²) in [7, 11) is 0. The van der Waals surface area contributed by atoms with Gasteiger partial charge in [-0.3, -0.25) is 4.79 Å². The third-order valence-electron chi connectivity index (χ3n) is 2.52. The molecule has 0 radical (unpaired) electrons. The smallest absolute Gasteiger partial charge is 0.325 e. The molecule has 13 heavy (non-hydrogen) atoms. The molecule has 0 unspecified atom stereocenters. The van der Waals surface area contributed by atoms with E-state index in [1.165, 1.54) is 0 Å². The minimum absolute atomic E-state index is 0.641. The van der Waals surface area contributed by atoms with Gasteiger partial charge in [0.05, 0.1) is 0 Å². The first-order valence-corrected chi connectivity index (χ1v) is 4.94. The summed E-state index contributed by atoms with van der Waals surface area (Å²) < 4.78 is -0.844. The molecule has 1 aromatic rings. The standard InChI is InChI=1S/C10H9BrO2/c11-10(9(12)13)6-5-7-3-1-2-4-8(7)10/h1-4H,5-6H2,(H,12,13)/t10-/m0/s1. The number of halogens is 1. The van der Waals surface area contributed by atoms with Crippen LogP contribution in [-0.2, 0) is 15.5 Å². The van der Waals surface area contributed by atoms with E-state index >= 15 is 0 Å². The highest BCUT2D eigenvalue weighted by molar-refractivity contribution is 9.10. The van der Waals surface area contributed by atoms with Gasteiger partial charge in [-0.15, -0.1) is 0 Å². The van der Waals surface area contributed by atoms with Crippen molar-refractivity contribution in [2.24, 2.45) is 0 Å². The fraction of sp³-hybridized carbons (Fsp3) is 0.300. The number of alkyl halides is 1. The Morgan fingerprint density at radius 3 is 2.85 bits per heavy atom. The fourth-order valence-corrected chi connectivity index (χ4v) is 2.37. The number of hydrogen-bond acceptors (Lipinski definition) is 1. The zero-order valence-corrected chi connectivity index (χ0v) is 8.54. The van der Waals surface area contributed by atoms with Gasteiger partial charge in [0.1, 0.15) is 4.32 Å². The molecule has 1 aliphatic carbocycles. The lowest BCUT2D eigenvalue weighted by atomic mass is 10.0. The summed E-state index contributed by atoms with van der Waals surface area (Å²) in [6, 6.07) is 7.69. The van der Waals surface area contributed by atoms with Crippen molar-refractivity contribution >= 4 is 21.9 Å². The first-order valence-electron chi connectivity index (χ1n) is 4.15. The van der Waals surface area contributed by atoms with Gasteiger partial charge in [-0.2, -0.15) is 0 Å². The van der Waals surface area contributed by atoms with E-state index < -0.39 is 10.3 Å². The number of carboxylic acids is 1. The molecule has 2 rings (SSSR count). The second-order valence-corrected chi connectivity index (χ2v) is 4.62. The highest BCUT2D eigenvalue weighted by Crippen LogP contribution is 2.43. The van der Waals surface area contributed by atoms with Crippen LogP contribution in [0.3, 0.4) is 0 Å². The maximum atomic E-state index is 11.0. The molecular weight excluding hydrogens is 232 g/mol. The monoisotopic (exact) mass is 240 g/mol. The van der Waals surface area contributed by atoms with Gasteiger partial charge in [-0.25, -0.2) is 0 Å². The topological polar surface area (TPSA) is 37.3 Å². The second kappa shape index (κ2) is 2.84. The Balaban J connectivity index is 2.55. The van der Waals surface area contributed by atoms with Crippen molar-refractivity contribution in [2.45, 2.75) is 17.2 Å². The van der Waals surface area contributed by atoms with Crippen molar-refractivity contribution in [3.8, 4) is 0 Å². The number of fused-ring (bicyclic) bond motifs is 1. The molecule has 68 valence electrons. The van der Waals surface area contributed by atoms with Crippen LogP contribution in [0.25, 0.3) is 0 Å². The molecule has 0 fully saturated rings. The van der Waals surface area contributed by atoms with Crippen molar-refractivity contribution < 1.29 is 9.90 Å². The Morgan fingerprint density at radius 1 is 1.46 bits per heavy atom. The third kappa shape index (κ3) is 1.18. The summed E-state index contributed by atoms with van der Waals surface area (Å²) in [5.41, 5.74) is 2.05. The predicted octanol–water partition coefficient (Wildman–Crippen LogP) is 2.31. The van der Waals surface area contributed by atoms with E-state index in [2.05, 4.69) is 15.9 Å². The summed E-state index contributed by atoms with van der Waals surface area (Å²) in [5, 5.41) is 9.07. The molecule has 0 aliphatic heterocycles. The molecule has 1 aliphatic rings. The quantitative estimate of drug-likeness (QED) is 0.766. The highest BCUT2D eigenvalue weighted by Gasteiger charge is 2.42. The van der Waals surface area contributed by atoms with E-state index in [0.717, 1.165) is 17.5 Å². The van der Waals surface area contributed by atoms with Crippen LogP contribution in [0, 0.1) is 0 Å². The first-order chi connectivity index (χ1) is 6.14. The van der Waals surface area contributed by atoms with Crippen LogP contribution in [0.4, 0.5) is 0 Å². The van der Waals surface area contributed by atoms with Crippen LogP contribution in [0.2, 0.25) is 0 Å². The minimum atomic E-state index is -0.844. The molecule has 1 aromatic carbocycles. The van der Waals surface area contributed by atoms with Crippen molar-refractivity contribution in [3.05, 3.63) is 35.4 Å². The van der Waals surface area contributed by atoms with Crippen molar-refractivity contribution in [2.75, 3.05) is 0 Å². The van der Waals surface area contributed by atoms with Crippen molar-refractivity contribution in [3.63, 3.8) is 0 Å². The van der Waals surface area contributed by atoms with Crippen LogP contribution in [0.15, 0.2) is 24.3 Å². The van der Waals surface area contributed by atoms with E-state index in [1.54, 1.807) is 0 Å². The molecular formula is C10H9BrO2. The predicted molar refractivity (Wildman–Crippen MR) is 53.0 cm³/mol. The van der Waals surface area contributed by atoms with Crippen LogP contribution in [0.1, 0.15) is 17.5 Å².